The summed E-state index contributed by atoms with van der Waals surface area (Å²) in [6.45, 7) is 1.98. The van der Waals surface area contributed by atoms with Gasteiger partial charge in [-0.3, -0.25) is 4.98 Å². The molecular weight excluding hydrogens is 274 g/mol. The number of fused-ring (bicyclic) bond motifs is 1. The molecule has 0 spiro atoms. The third-order valence-electron chi connectivity index (χ3n) is 3.01. The van der Waals surface area contributed by atoms with Gasteiger partial charge in [0, 0.05) is 11.6 Å². The topological polar surface area (TPSA) is 47.9 Å². The Morgan fingerprint density at radius 2 is 1.95 bits per heavy atom. The van der Waals surface area contributed by atoms with E-state index >= 15 is 0 Å². The molecule has 5 heteroatoms. The summed E-state index contributed by atoms with van der Waals surface area (Å²) in [4.78, 5) is 12.5. The Labute approximate surface area is 121 Å². The molecule has 20 heavy (non-hydrogen) atoms. The van der Waals surface area contributed by atoms with Crippen LogP contribution in [0.25, 0.3) is 10.9 Å². The molecule has 0 aliphatic rings. The van der Waals surface area contributed by atoms with E-state index in [0.717, 1.165) is 16.5 Å². The van der Waals surface area contributed by atoms with Crippen molar-refractivity contribution in [2.75, 3.05) is 0 Å². The number of nitrogens with zero attached hydrogens (tertiary/aromatic N) is 3. The van der Waals surface area contributed by atoms with Crippen LogP contribution in [0.4, 0.5) is 0 Å². The average Bonchev–Trinajstić information content (AvgIpc) is 2.48. The first kappa shape index (κ1) is 12.8. The lowest BCUT2D eigenvalue weighted by Crippen LogP contribution is -1.97. The summed E-state index contributed by atoms with van der Waals surface area (Å²) in [6.07, 6.45) is 3.84. The minimum Gasteiger partial charge on any atom is -0.436 e. The Kier molecular flexibility index (Phi) is 3.48. The number of hydrogen-bond donors (Lipinski definition) is 0. The molecule has 4 nitrogen and oxygen atoms in total. The van der Waals surface area contributed by atoms with Crippen LogP contribution in [0, 0.1) is 0 Å². The molecule has 0 N–H and O–H groups in total. The van der Waals surface area contributed by atoms with E-state index in [1.54, 1.807) is 6.20 Å². The van der Waals surface area contributed by atoms with Gasteiger partial charge in [-0.2, -0.15) is 0 Å². The number of aromatic nitrogens is 3. The van der Waals surface area contributed by atoms with Gasteiger partial charge in [-0.15, -0.1) is 0 Å². The van der Waals surface area contributed by atoms with E-state index in [9.17, 15) is 0 Å². The van der Waals surface area contributed by atoms with E-state index in [-0.39, 0.29) is 0 Å². The molecule has 3 aromatic rings. The highest BCUT2D eigenvalue weighted by atomic mass is 35.5. The van der Waals surface area contributed by atoms with E-state index < -0.39 is 0 Å². The van der Waals surface area contributed by atoms with Gasteiger partial charge in [0.25, 0.3) is 0 Å². The molecule has 0 aliphatic heterocycles. The standard InChI is InChI=1S/C15H12ClN3O/c1-2-11-14(16)18-9-19-15(11)20-12-7-3-5-10-6-4-8-17-13(10)12/h3-9H,2H2,1H3. The molecule has 0 radical (unpaired) electrons. The second kappa shape index (κ2) is 5.43. The Hall–Kier alpha value is -2.20. The zero-order valence-corrected chi connectivity index (χ0v) is 11.6. The molecule has 0 bridgehead atoms. The Bertz CT molecular complexity index is 756. The van der Waals surface area contributed by atoms with Gasteiger partial charge >= 0.3 is 0 Å². The van der Waals surface area contributed by atoms with Crippen LogP contribution < -0.4 is 4.74 Å². The van der Waals surface area contributed by atoms with Crippen molar-refractivity contribution >= 4 is 22.5 Å². The molecule has 2 heterocycles. The molecule has 100 valence electrons. The summed E-state index contributed by atoms with van der Waals surface area (Å²) >= 11 is 6.07. The maximum Gasteiger partial charge on any atom is 0.227 e. The van der Waals surface area contributed by atoms with Crippen molar-refractivity contribution in [1.29, 1.82) is 0 Å². The van der Waals surface area contributed by atoms with Crippen LogP contribution in [0.1, 0.15) is 12.5 Å². The average molecular weight is 286 g/mol. The fourth-order valence-corrected chi connectivity index (χ4v) is 2.28. The van der Waals surface area contributed by atoms with Crippen LogP contribution in [0.15, 0.2) is 42.9 Å². The van der Waals surface area contributed by atoms with Crippen molar-refractivity contribution in [3.63, 3.8) is 0 Å². The van der Waals surface area contributed by atoms with Crippen LogP contribution in [0.5, 0.6) is 11.6 Å². The minimum absolute atomic E-state index is 0.422. The Morgan fingerprint density at radius 1 is 1.10 bits per heavy atom. The third kappa shape index (κ3) is 2.30. The SMILES string of the molecule is CCc1c(Cl)ncnc1Oc1cccc2cccnc12. The normalized spacial score (nSPS) is 10.7. The first-order chi connectivity index (χ1) is 9.79. The van der Waals surface area contributed by atoms with Crippen molar-refractivity contribution < 1.29 is 4.74 Å². The summed E-state index contributed by atoms with van der Waals surface area (Å²) in [7, 11) is 0. The van der Waals surface area contributed by atoms with Crippen molar-refractivity contribution in [3.8, 4) is 11.6 Å². The summed E-state index contributed by atoms with van der Waals surface area (Å²) in [5.41, 5.74) is 1.59. The summed E-state index contributed by atoms with van der Waals surface area (Å²) in [5.74, 6) is 1.14. The van der Waals surface area contributed by atoms with E-state index in [0.29, 0.717) is 23.2 Å². The zero-order chi connectivity index (χ0) is 13.9. The molecule has 0 saturated carbocycles. The fourth-order valence-electron chi connectivity index (χ4n) is 2.02. The highest BCUT2D eigenvalue weighted by molar-refractivity contribution is 6.30. The lowest BCUT2D eigenvalue weighted by molar-refractivity contribution is 0.459. The number of hydrogen-bond acceptors (Lipinski definition) is 4. The Morgan fingerprint density at radius 3 is 2.80 bits per heavy atom. The van der Waals surface area contributed by atoms with Crippen molar-refractivity contribution in [1.82, 2.24) is 15.0 Å². The van der Waals surface area contributed by atoms with Crippen molar-refractivity contribution in [2.45, 2.75) is 13.3 Å². The Balaban J connectivity index is 2.08. The number of halogens is 1. The minimum atomic E-state index is 0.422. The summed E-state index contributed by atoms with van der Waals surface area (Å²) in [6, 6.07) is 9.66. The molecule has 0 amide bonds. The van der Waals surface area contributed by atoms with Gasteiger partial charge in [-0.05, 0) is 18.6 Å². The van der Waals surface area contributed by atoms with Gasteiger partial charge in [0.05, 0.1) is 5.56 Å². The van der Waals surface area contributed by atoms with Crippen LogP contribution in [0.2, 0.25) is 5.15 Å². The van der Waals surface area contributed by atoms with Gasteiger partial charge in [0.1, 0.15) is 17.0 Å². The van der Waals surface area contributed by atoms with Crippen LogP contribution >= 0.6 is 11.6 Å². The van der Waals surface area contributed by atoms with Crippen LogP contribution in [-0.2, 0) is 6.42 Å². The lowest BCUT2D eigenvalue weighted by atomic mass is 10.2. The van der Waals surface area contributed by atoms with Gasteiger partial charge in [-0.25, -0.2) is 9.97 Å². The van der Waals surface area contributed by atoms with E-state index in [2.05, 4.69) is 15.0 Å². The second-order valence-electron chi connectivity index (χ2n) is 4.24. The quantitative estimate of drug-likeness (QED) is 0.682. The molecule has 2 aromatic heterocycles. The summed E-state index contributed by atoms with van der Waals surface area (Å²) < 4.78 is 5.90. The zero-order valence-electron chi connectivity index (χ0n) is 10.9. The van der Waals surface area contributed by atoms with Gasteiger partial charge in [0.2, 0.25) is 5.88 Å². The maximum atomic E-state index is 6.07. The van der Waals surface area contributed by atoms with Gasteiger partial charge in [0.15, 0.2) is 5.75 Å². The van der Waals surface area contributed by atoms with Crippen molar-refractivity contribution in [2.24, 2.45) is 0 Å². The van der Waals surface area contributed by atoms with Gasteiger partial charge < -0.3 is 4.74 Å². The molecular formula is C15H12ClN3O. The first-order valence-corrected chi connectivity index (χ1v) is 6.68. The van der Waals surface area contributed by atoms with Crippen molar-refractivity contribution in [3.05, 3.63) is 53.6 Å². The largest absolute Gasteiger partial charge is 0.436 e. The highest BCUT2D eigenvalue weighted by Gasteiger charge is 2.12. The highest BCUT2D eigenvalue weighted by Crippen LogP contribution is 2.30. The molecule has 0 unspecified atom stereocenters. The number of para-hydroxylation sites is 1. The van der Waals surface area contributed by atoms with Gasteiger partial charge in [-0.1, -0.05) is 36.7 Å². The summed E-state index contributed by atoms with van der Waals surface area (Å²) in [5, 5.41) is 1.44. The first-order valence-electron chi connectivity index (χ1n) is 6.30. The number of benzene rings is 1. The number of ether oxygens (including phenoxy) is 1. The van der Waals surface area contributed by atoms with E-state index in [1.807, 2.05) is 37.3 Å². The second-order valence-corrected chi connectivity index (χ2v) is 4.59. The van der Waals surface area contributed by atoms with E-state index in [4.69, 9.17) is 16.3 Å². The molecule has 1 aromatic carbocycles. The predicted molar refractivity (Wildman–Crippen MR) is 78.2 cm³/mol. The molecule has 0 aliphatic carbocycles. The monoisotopic (exact) mass is 285 g/mol. The maximum absolute atomic E-state index is 6.07. The molecule has 3 rings (SSSR count). The fraction of sp³-hybridized carbons (Fsp3) is 0.133. The van der Waals surface area contributed by atoms with Crippen LogP contribution in [0.3, 0.4) is 0 Å². The third-order valence-corrected chi connectivity index (χ3v) is 3.33. The molecule has 0 atom stereocenters. The predicted octanol–water partition coefficient (Wildman–Crippen LogP) is 4.03. The lowest BCUT2D eigenvalue weighted by Gasteiger charge is -2.10. The number of pyridine rings is 1. The van der Waals surface area contributed by atoms with E-state index in [1.165, 1.54) is 6.33 Å². The molecule has 0 saturated heterocycles. The van der Waals surface area contributed by atoms with Crippen LogP contribution in [-0.4, -0.2) is 15.0 Å². The number of rotatable bonds is 3. The molecule has 0 fully saturated rings. The smallest absolute Gasteiger partial charge is 0.227 e.